The maximum Gasteiger partial charge on any atom is 0.356 e. The van der Waals surface area contributed by atoms with Crippen molar-refractivity contribution >= 4 is 33.2 Å². The molecule has 21 heavy (non-hydrogen) atoms. The van der Waals surface area contributed by atoms with Crippen molar-refractivity contribution in [3.63, 3.8) is 0 Å². The quantitative estimate of drug-likeness (QED) is 0.769. The lowest BCUT2D eigenvalue weighted by Crippen LogP contribution is -2.40. The van der Waals surface area contributed by atoms with Crippen molar-refractivity contribution in [2.24, 2.45) is 0 Å². The van der Waals surface area contributed by atoms with E-state index in [0.717, 1.165) is 21.2 Å². The van der Waals surface area contributed by atoms with Crippen LogP contribution >= 0.6 is 11.3 Å². The molecule has 0 radical (unpaired) electrons. The Morgan fingerprint density at radius 3 is 2.48 bits per heavy atom. The molecule has 118 valence electrons. The van der Waals surface area contributed by atoms with E-state index in [0.29, 0.717) is 6.42 Å². The third-order valence-electron chi connectivity index (χ3n) is 2.60. The molecule has 0 aliphatic carbocycles. The van der Waals surface area contributed by atoms with E-state index in [-0.39, 0.29) is 23.2 Å². The zero-order chi connectivity index (χ0) is 16.2. The first-order valence-electron chi connectivity index (χ1n) is 6.08. The molecule has 0 saturated heterocycles. The molecule has 8 nitrogen and oxygen atoms in total. The van der Waals surface area contributed by atoms with E-state index in [4.69, 9.17) is 5.11 Å². The van der Waals surface area contributed by atoms with Crippen LogP contribution in [0.4, 0.5) is 0 Å². The third-order valence-corrected chi connectivity index (χ3v) is 5.79. The molecule has 0 unspecified atom stereocenters. The standard InChI is InChI=1S/C11H17N3O5S2/c1-4-5-14(6-8(15)13(2)3)21(18,19)11-9(10(16)17)12-7-20-11/h7H,4-6H2,1-3H3,(H,16,17). The van der Waals surface area contributed by atoms with Gasteiger partial charge in [-0.1, -0.05) is 6.92 Å². The summed E-state index contributed by atoms with van der Waals surface area (Å²) >= 11 is 0.728. The number of carboxylic acids is 1. The van der Waals surface area contributed by atoms with E-state index in [1.54, 1.807) is 6.92 Å². The summed E-state index contributed by atoms with van der Waals surface area (Å²) in [6.45, 7) is 1.56. The van der Waals surface area contributed by atoms with Crippen LogP contribution in [0.15, 0.2) is 9.72 Å². The summed E-state index contributed by atoms with van der Waals surface area (Å²) in [5.74, 6) is -1.79. The number of thiazole rings is 1. The molecule has 1 amide bonds. The van der Waals surface area contributed by atoms with Gasteiger partial charge in [-0.3, -0.25) is 4.79 Å². The largest absolute Gasteiger partial charge is 0.476 e. The van der Waals surface area contributed by atoms with Gasteiger partial charge in [0.05, 0.1) is 12.1 Å². The number of aromatic nitrogens is 1. The summed E-state index contributed by atoms with van der Waals surface area (Å²) in [4.78, 5) is 27.6. The molecule has 0 bridgehead atoms. The second kappa shape index (κ2) is 6.96. The van der Waals surface area contributed by atoms with Crippen LogP contribution in [0.3, 0.4) is 0 Å². The first-order chi connectivity index (χ1) is 9.71. The van der Waals surface area contributed by atoms with E-state index in [1.165, 1.54) is 19.0 Å². The molecule has 1 aromatic rings. The lowest BCUT2D eigenvalue weighted by atomic mass is 10.4. The van der Waals surface area contributed by atoms with Gasteiger partial charge in [0.25, 0.3) is 10.0 Å². The van der Waals surface area contributed by atoms with E-state index >= 15 is 0 Å². The molecule has 0 fully saturated rings. The van der Waals surface area contributed by atoms with Crippen LogP contribution in [0, 0.1) is 0 Å². The normalized spacial score (nSPS) is 11.6. The Kier molecular flexibility index (Phi) is 5.81. The highest BCUT2D eigenvalue weighted by Gasteiger charge is 2.32. The van der Waals surface area contributed by atoms with Crippen LogP contribution in [-0.4, -0.2) is 66.8 Å². The number of hydrogen-bond acceptors (Lipinski definition) is 6. The fourth-order valence-electron chi connectivity index (χ4n) is 1.50. The number of carbonyl (C=O) groups excluding carboxylic acids is 1. The Bertz CT molecular complexity index is 624. The number of rotatable bonds is 7. The molecule has 0 spiro atoms. The van der Waals surface area contributed by atoms with Gasteiger partial charge >= 0.3 is 5.97 Å². The molecule has 0 aromatic carbocycles. The van der Waals surface area contributed by atoms with Gasteiger partial charge in [-0.2, -0.15) is 4.31 Å². The van der Waals surface area contributed by atoms with Crippen molar-refractivity contribution in [3.8, 4) is 0 Å². The number of amides is 1. The molecule has 1 heterocycles. The van der Waals surface area contributed by atoms with Gasteiger partial charge in [-0.05, 0) is 6.42 Å². The minimum Gasteiger partial charge on any atom is -0.476 e. The van der Waals surface area contributed by atoms with Gasteiger partial charge in [0.15, 0.2) is 9.90 Å². The summed E-state index contributed by atoms with van der Waals surface area (Å²) in [7, 11) is -1.02. The average Bonchev–Trinajstić information content (AvgIpc) is 2.87. The highest BCUT2D eigenvalue weighted by molar-refractivity contribution is 7.91. The van der Waals surface area contributed by atoms with E-state index in [1.807, 2.05) is 0 Å². The van der Waals surface area contributed by atoms with Gasteiger partial charge in [-0.15, -0.1) is 11.3 Å². The van der Waals surface area contributed by atoms with Gasteiger partial charge in [0, 0.05) is 20.6 Å². The highest BCUT2D eigenvalue weighted by Crippen LogP contribution is 2.24. The number of likely N-dealkylation sites (N-methyl/N-ethyl adjacent to an activating group) is 1. The lowest BCUT2D eigenvalue weighted by molar-refractivity contribution is -0.128. The number of nitrogens with zero attached hydrogens (tertiary/aromatic N) is 3. The predicted molar refractivity (Wildman–Crippen MR) is 76.8 cm³/mol. The van der Waals surface area contributed by atoms with Crippen molar-refractivity contribution < 1.29 is 23.1 Å². The minimum atomic E-state index is -4.06. The van der Waals surface area contributed by atoms with Crippen molar-refractivity contribution in [1.82, 2.24) is 14.2 Å². The fourth-order valence-corrected chi connectivity index (χ4v) is 4.26. The van der Waals surface area contributed by atoms with Crippen LogP contribution in [0.2, 0.25) is 0 Å². The van der Waals surface area contributed by atoms with E-state index in [2.05, 4.69) is 4.98 Å². The zero-order valence-electron chi connectivity index (χ0n) is 11.9. The smallest absolute Gasteiger partial charge is 0.356 e. The monoisotopic (exact) mass is 335 g/mol. The predicted octanol–water partition coefficient (Wildman–Crippen LogP) is 0.330. The van der Waals surface area contributed by atoms with Crippen LogP contribution in [-0.2, 0) is 14.8 Å². The topological polar surface area (TPSA) is 108 Å². The van der Waals surface area contributed by atoms with Crippen molar-refractivity contribution in [2.75, 3.05) is 27.2 Å². The lowest BCUT2D eigenvalue weighted by Gasteiger charge is -2.22. The number of hydrogen-bond donors (Lipinski definition) is 1. The van der Waals surface area contributed by atoms with Crippen LogP contribution < -0.4 is 0 Å². The molecule has 10 heteroatoms. The molecule has 0 atom stereocenters. The second-order valence-corrected chi connectivity index (χ2v) is 7.41. The van der Waals surface area contributed by atoms with Crippen LogP contribution in [0.25, 0.3) is 0 Å². The van der Waals surface area contributed by atoms with E-state index < -0.39 is 21.7 Å². The summed E-state index contributed by atoms with van der Waals surface area (Å²) in [5.41, 5.74) is 0.646. The molecule has 1 rings (SSSR count). The second-order valence-electron chi connectivity index (χ2n) is 4.42. The minimum absolute atomic E-state index is 0.124. The molecule has 0 aliphatic heterocycles. The molecule has 0 saturated carbocycles. The first-order valence-corrected chi connectivity index (χ1v) is 8.40. The number of sulfonamides is 1. The summed E-state index contributed by atoms with van der Waals surface area (Å²) in [5, 5.41) is 8.99. The third kappa shape index (κ3) is 3.99. The van der Waals surface area contributed by atoms with Gasteiger partial charge in [-0.25, -0.2) is 18.2 Å². The fraction of sp³-hybridized carbons (Fsp3) is 0.545. The van der Waals surface area contributed by atoms with Gasteiger partial charge < -0.3 is 10.0 Å². The Morgan fingerprint density at radius 1 is 1.38 bits per heavy atom. The highest BCUT2D eigenvalue weighted by atomic mass is 32.2. The first kappa shape index (κ1) is 17.5. The van der Waals surface area contributed by atoms with E-state index in [9.17, 15) is 18.0 Å². The Hall–Kier alpha value is -1.52. The van der Waals surface area contributed by atoms with Crippen LogP contribution in [0.1, 0.15) is 23.8 Å². The summed E-state index contributed by atoms with van der Waals surface area (Å²) < 4.78 is 25.7. The van der Waals surface area contributed by atoms with Crippen LogP contribution in [0.5, 0.6) is 0 Å². The maximum atomic E-state index is 12.5. The summed E-state index contributed by atoms with van der Waals surface area (Å²) in [6.07, 6.45) is 0.501. The Morgan fingerprint density at radius 2 is 2.00 bits per heavy atom. The van der Waals surface area contributed by atoms with Crippen molar-refractivity contribution in [1.29, 1.82) is 0 Å². The van der Waals surface area contributed by atoms with Gasteiger partial charge in [0.2, 0.25) is 5.91 Å². The maximum absolute atomic E-state index is 12.5. The molecule has 1 aromatic heterocycles. The molecule has 1 N–H and O–H groups in total. The molecular formula is C11H17N3O5S2. The number of carbonyl (C=O) groups is 2. The zero-order valence-corrected chi connectivity index (χ0v) is 13.6. The molecular weight excluding hydrogens is 318 g/mol. The van der Waals surface area contributed by atoms with Crippen molar-refractivity contribution in [2.45, 2.75) is 17.6 Å². The Labute approximate surface area is 127 Å². The molecule has 0 aliphatic rings. The average molecular weight is 335 g/mol. The van der Waals surface area contributed by atoms with Gasteiger partial charge in [0.1, 0.15) is 0 Å². The Balaban J connectivity index is 3.19. The summed E-state index contributed by atoms with van der Waals surface area (Å²) in [6, 6.07) is 0. The number of carboxylic acid groups (broad SMARTS) is 1. The number of aromatic carboxylic acids is 1. The van der Waals surface area contributed by atoms with Crippen molar-refractivity contribution in [3.05, 3.63) is 11.2 Å². The SMILES string of the molecule is CCCN(CC(=O)N(C)C)S(=O)(=O)c1scnc1C(=O)O.